The molecule has 0 saturated carbocycles. The molecule has 0 saturated heterocycles. The molecule has 1 aliphatic rings. The number of hydrogen-bond donors (Lipinski definition) is 1. The fourth-order valence-corrected chi connectivity index (χ4v) is 2.75. The van der Waals surface area contributed by atoms with Crippen molar-refractivity contribution >= 4 is 10.8 Å². The Hall–Kier alpha value is -2.39. The summed E-state index contributed by atoms with van der Waals surface area (Å²) in [6.45, 7) is 0. The number of hydrogen-bond acceptors (Lipinski definition) is 2. The molecule has 0 fully saturated rings. The first-order chi connectivity index (χ1) is 9.74. The maximum absolute atomic E-state index is 13.3. The minimum Gasteiger partial charge on any atom is -0.457 e. The van der Waals surface area contributed by atoms with Crippen molar-refractivity contribution in [1.82, 2.24) is 0 Å². The maximum Gasteiger partial charge on any atom is 0.134 e. The van der Waals surface area contributed by atoms with E-state index in [4.69, 9.17) is 4.74 Å². The van der Waals surface area contributed by atoms with Gasteiger partial charge in [0.05, 0.1) is 0 Å². The molecule has 3 aromatic carbocycles. The van der Waals surface area contributed by atoms with E-state index in [0.717, 1.165) is 16.3 Å². The highest BCUT2D eigenvalue weighted by atomic mass is 19.1. The summed E-state index contributed by atoms with van der Waals surface area (Å²) >= 11 is 0. The highest BCUT2D eigenvalue weighted by molar-refractivity contribution is 5.89. The Morgan fingerprint density at radius 1 is 0.950 bits per heavy atom. The Labute approximate surface area is 115 Å². The van der Waals surface area contributed by atoms with Crippen LogP contribution in [0.5, 0.6) is 11.5 Å². The van der Waals surface area contributed by atoms with Crippen LogP contribution >= 0.6 is 0 Å². The first-order valence-electron chi connectivity index (χ1n) is 6.41. The summed E-state index contributed by atoms with van der Waals surface area (Å²) < 4.78 is 19.1. The molecular formula is C17H11FO2. The molecule has 98 valence electrons. The quantitative estimate of drug-likeness (QED) is 0.661. The van der Waals surface area contributed by atoms with Crippen molar-refractivity contribution in [2.24, 2.45) is 0 Å². The SMILES string of the molecule is OC1c2ccccc2Oc2ccc3cc(F)ccc3c21. The number of para-hydroxylation sites is 1. The molecule has 1 unspecified atom stereocenters. The van der Waals surface area contributed by atoms with Gasteiger partial charge in [0.1, 0.15) is 23.4 Å². The van der Waals surface area contributed by atoms with E-state index in [9.17, 15) is 9.50 Å². The lowest BCUT2D eigenvalue weighted by molar-refractivity contribution is 0.205. The van der Waals surface area contributed by atoms with Gasteiger partial charge in [-0.05, 0) is 35.0 Å². The predicted molar refractivity (Wildman–Crippen MR) is 74.5 cm³/mol. The van der Waals surface area contributed by atoms with Gasteiger partial charge in [0.15, 0.2) is 0 Å². The number of benzene rings is 3. The van der Waals surface area contributed by atoms with Gasteiger partial charge in [0.2, 0.25) is 0 Å². The average Bonchev–Trinajstić information content (AvgIpc) is 2.47. The van der Waals surface area contributed by atoms with E-state index in [1.165, 1.54) is 12.1 Å². The molecule has 0 spiro atoms. The first-order valence-corrected chi connectivity index (χ1v) is 6.41. The molecule has 2 nitrogen and oxygen atoms in total. The van der Waals surface area contributed by atoms with Crippen LogP contribution in [0.1, 0.15) is 17.2 Å². The molecule has 1 atom stereocenters. The molecule has 1 heterocycles. The second-order valence-corrected chi connectivity index (χ2v) is 4.89. The van der Waals surface area contributed by atoms with Crippen molar-refractivity contribution < 1.29 is 14.2 Å². The summed E-state index contributed by atoms with van der Waals surface area (Å²) in [6.07, 6.45) is -0.760. The van der Waals surface area contributed by atoms with Gasteiger partial charge in [-0.15, -0.1) is 0 Å². The molecule has 4 rings (SSSR count). The molecule has 20 heavy (non-hydrogen) atoms. The minimum absolute atomic E-state index is 0.288. The lowest BCUT2D eigenvalue weighted by Crippen LogP contribution is -2.10. The first kappa shape index (κ1) is 11.4. The van der Waals surface area contributed by atoms with Crippen molar-refractivity contribution in [3.63, 3.8) is 0 Å². The van der Waals surface area contributed by atoms with Gasteiger partial charge in [0, 0.05) is 11.1 Å². The summed E-state index contributed by atoms with van der Waals surface area (Å²) in [5.41, 5.74) is 1.43. The Bertz CT molecular complexity index is 826. The van der Waals surface area contributed by atoms with Crippen LogP contribution in [0.25, 0.3) is 10.8 Å². The van der Waals surface area contributed by atoms with Gasteiger partial charge in [-0.25, -0.2) is 4.39 Å². The van der Waals surface area contributed by atoms with Gasteiger partial charge in [-0.3, -0.25) is 0 Å². The summed E-state index contributed by atoms with van der Waals surface area (Å²) in [7, 11) is 0. The highest BCUT2D eigenvalue weighted by Crippen LogP contribution is 2.45. The van der Waals surface area contributed by atoms with Crippen LogP contribution in [-0.4, -0.2) is 5.11 Å². The van der Waals surface area contributed by atoms with Gasteiger partial charge in [-0.2, -0.15) is 0 Å². The summed E-state index contributed by atoms with van der Waals surface area (Å²) in [5, 5.41) is 12.2. The third kappa shape index (κ3) is 1.53. The average molecular weight is 266 g/mol. The molecular weight excluding hydrogens is 255 g/mol. The van der Waals surface area contributed by atoms with E-state index >= 15 is 0 Å². The third-order valence-corrected chi connectivity index (χ3v) is 3.69. The number of ether oxygens (including phenoxy) is 1. The Balaban J connectivity index is 2.02. The Kier molecular flexibility index (Phi) is 2.32. The smallest absolute Gasteiger partial charge is 0.134 e. The van der Waals surface area contributed by atoms with Crippen LogP contribution < -0.4 is 4.74 Å². The fourth-order valence-electron chi connectivity index (χ4n) is 2.75. The zero-order valence-corrected chi connectivity index (χ0v) is 10.5. The van der Waals surface area contributed by atoms with E-state index < -0.39 is 6.10 Å². The predicted octanol–water partition coefficient (Wildman–Crippen LogP) is 4.17. The summed E-state index contributed by atoms with van der Waals surface area (Å²) in [4.78, 5) is 0. The molecule has 0 aromatic heterocycles. The zero-order chi connectivity index (χ0) is 13.7. The van der Waals surface area contributed by atoms with Crippen LogP contribution in [-0.2, 0) is 0 Å². The van der Waals surface area contributed by atoms with E-state index in [1.807, 2.05) is 24.3 Å². The van der Waals surface area contributed by atoms with Gasteiger partial charge in [-0.1, -0.05) is 30.3 Å². The van der Waals surface area contributed by atoms with Crippen LogP contribution in [0.3, 0.4) is 0 Å². The highest BCUT2D eigenvalue weighted by Gasteiger charge is 2.27. The van der Waals surface area contributed by atoms with Crippen molar-refractivity contribution in [2.75, 3.05) is 0 Å². The number of rotatable bonds is 0. The fraction of sp³-hybridized carbons (Fsp3) is 0.0588. The van der Waals surface area contributed by atoms with Crippen molar-refractivity contribution in [3.05, 3.63) is 71.5 Å². The second kappa shape index (κ2) is 4.05. The van der Waals surface area contributed by atoms with Crippen LogP contribution in [0.4, 0.5) is 4.39 Å². The zero-order valence-electron chi connectivity index (χ0n) is 10.5. The monoisotopic (exact) mass is 266 g/mol. The van der Waals surface area contributed by atoms with Crippen molar-refractivity contribution in [1.29, 1.82) is 0 Å². The second-order valence-electron chi connectivity index (χ2n) is 4.89. The summed E-state index contributed by atoms with van der Waals surface area (Å²) in [6, 6.07) is 15.5. The van der Waals surface area contributed by atoms with Gasteiger partial charge < -0.3 is 9.84 Å². The number of halogens is 1. The van der Waals surface area contributed by atoms with Gasteiger partial charge >= 0.3 is 0 Å². The topological polar surface area (TPSA) is 29.5 Å². The molecule has 3 aromatic rings. The third-order valence-electron chi connectivity index (χ3n) is 3.69. The van der Waals surface area contributed by atoms with E-state index in [2.05, 4.69) is 0 Å². The molecule has 1 aliphatic heterocycles. The Morgan fingerprint density at radius 2 is 1.80 bits per heavy atom. The minimum atomic E-state index is -0.760. The van der Waals surface area contributed by atoms with Crippen LogP contribution in [0.15, 0.2) is 54.6 Å². The lowest BCUT2D eigenvalue weighted by atomic mass is 9.92. The van der Waals surface area contributed by atoms with E-state index in [0.29, 0.717) is 17.1 Å². The molecule has 0 bridgehead atoms. The van der Waals surface area contributed by atoms with Gasteiger partial charge in [0.25, 0.3) is 0 Å². The molecule has 0 amide bonds. The normalized spacial score (nSPS) is 16.4. The lowest BCUT2D eigenvalue weighted by Gasteiger charge is -2.26. The Morgan fingerprint density at radius 3 is 2.70 bits per heavy atom. The molecule has 0 radical (unpaired) electrons. The number of aliphatic hydroxyl groups excluding tert-OH is 1. The number of aliphatic hydroxyl groups is 1. The molecule has 0 aliphatic carbocycles. The van der Waals surface area contributed by atoms with Crippen LogP contribution in [0, 0.1) is 5.82 Å². The largest absolute Gasteiger partial charge is 0.457 e. The molecule has 1 N–H and O–H groups in total. The van der Waals surface area contributed by atoms with Crippen molar-refractivity contribution in [3.8, 4) is 11.5 Å². The van der Waals surface area contributed by atoms with E-state index in [-0.39, 0.29) is 5.82 Å². The van der Waals surface area contributed by atoms with Crippen LogP contribution in [0.2, 0.25) is 0 Å². The molecule has 3 heteroatoms. The maximum atomic E-state index is 13.3. The number of fused-ring (bicyclic) bond motifs is 4. The standard InChI is InChI=1S/C17H11FO2/c18-11-6-7-12-10(9-11)5-8-15-16(12)17(19)13-3-1-2-4-14(13)20-15/h1-9,17,19H. The van der Waals surface area contributed by atoms with E-state index in [1.54, 1.807) is 18.2 Å². The summed E-state index contributed by atoms with van der Waals surface area (Å²) in [5.74, 6) is 0.994. The van der Waals surface area contributed by atoms with Crippen molar-refractivity contribution in [2.45, 2.75) is 6.10 Å².